The SMILES string of the molecule is CCOP(=O)(OCC)Oc1ccccc1P(=O)(OCC)OCC. The molecule has 0 saturated heterocycles. The summed E-state index contributed by atoms with van der Waals surface area (Å²) in [6.45, 7) is 7.45. The molecule has 0 aliphatic rings. The van der Waals surface area contributed by atoms with Gasteiger partial charge in [0.2, 0.25) is 0 Å². The zero-order chi connectivity index (χ0) is 17.3. The number of para-hydroxylation sites is 1. The predicted molar refractivity (Wildman–Crippen MR) is 88.4 cm³/mol. The van der Waals surface area contributed by atoms with Crippen LogP contribution in [0.25, 0.3) is 0 Å². The maximum atomic E-state index is 12.9. The minimum atomic E-state index is -3.81. The van der Waals surface area contributed by atoms with Crippen molar-refractivity contribution in [3.8, 4) is 5.75 Å². The minimum absolute atomic E-state index is 0.0861. The highest BCUT2D eigenvalue weighted by molar-refractivity contribution is 7.62. The molecule has 0 atom stereocenters. The number of hydrogen-bond donors (Lipinski definition) is 0. The summed E-state index contributed by atoms with van der Waals surface area (Å²) >= 11 is 0. The van der Waals surface area contributed by atoms with Crippen molar-refractivity contribution in [3.05, 3.63) is 24.3 Å². The third-order valence-corrected chi connectivity index (χ3v) is 6.27. The highest BCUT2D eigenvalue weighted by Crippen LogP contribution is 2.54. The van der Waals surface area contributed by atoms with Gasteiger partial charge in [0, 0.05) is 0 Å². The van der Waals surface area contributed by atoms with Crippen LogP contribution in [-0.4, -0.2) is 26.4 Å². The lowest BCUT2D eigenvalue weighted by atomic mass is 10.3. The van der Waals surface area contributed by atoms with Gasteiger partial charge in [0.05, 0.1) is 26.4 Å². The first kappa shape index (κ1) is 20.4. The van der Waals surface area contributed by atoms with E-state index in [2.05, 4.69) is 0 Å². The van der Waals surface area contributed by atoms with Gasteiger partial charge in [-0.3, -0.25) is 13.6 Å². The fourth-order valence-electron chi connectivity index (χ4n) is 1.80. The zero-order valence-corrected chi connectivity index (χ0v) is 15.7. The van der Waals surface area contributed by atoms with Crippen molar-refractivity contribution in [1.82, 2.24) is 0 Å². The van der Waals surface area contributed by atoms with E-state index in [9.17, 15) is 9.13 Å². The van der Waals surface area contributed by atoms with Crippen molar-refractivity contribution >= 4 is 20.7 Å². The van der Waals surface area contributed by atoms with Gasteiger partial charge in [0.25, 0.3) is 0 Å². The lowest BCUT2D eigenvalue weighted by Gasteiger charge is -2.22. The Bertz CT molecular complexity index is 556. The third-order valence-electron chi connectivity index (χ3n) is 2.54. The molecule has 0 saturated carbocycles. The molecule has 0 fully saturated rings. The summed E-state index contributed by atoms with van der Waals surface area (Å²) < 4.78 is 51.7. The second-order valence-electron chi connectivity index (χ2n) is 4.17. The maximum absolute atomic E-state index is 12.9. The van der Waals surface area contributed by atoms with Gasteiger partial charge in [-0.1, -0.05) is 12.1 Å². The molecule has 1 aromatic rings. The molecule has 1 aromatic carbocycles. The lowest BCUT2D eigenvalue weighted by Crippen LogP contribution is -2.15. The Hall–Kier alpha value is -0.680. The van der Waals surface area contributed by atoms with E-state index in [1.165, 1.54) is 6.07 Å². The van der Waals surface area contributed by atoms with Crippen LogP contribution >= 0.6 is 15.4 Å². The maximum Gasteiger partial charge on any atom is 0.530 e. The summed E-state index contributed by atoms with van der Waals surface area (Å²) in [4.78, 5) is 0. The minimum Gasteiger partial charge on any atom is -0.403 e. The third kappa shape index (κ3) is 5.71. The summed E-state index contributed by atoms with van der Waals surface area (Å²) in [5.41, 5.74) is 0. The van der Waals surface area contributed by atoms with Crippen LogP contribution in [0.2, 0.25) is 0 Å². The fourth-order valence-corrected chi connectivity index (χ4v) is 4.78. The summed E-state index contributed by atoms with van der Waals surface area (Å²) in [5, 5.41) is 0.184. The van der Waals surface area contributed by atoms with Gasteiger partial charge in [-0.15, -0.1) is 0 Å². The van der Waals surface area contributed by atoms with E-state index in [4.69, 9.17) is 22.6 Å². The highest BCUT2D eigenvalue weighted by atomic mass is 31.2. The largest absolute Gasteiger partial charge is 0.530 e. The van der Waals surface area contributed by atoms with Crippen molar-refractivity contribution in [2.75, 3.05) is 26.4 Å². The van der Waals surface area contributed by atoms with E-state index in [1.807, 2.05) is 0 Å². The molecule has 132 valence electrons. The topological polar surface area (TPSA) is 80.3 Å². The predicted octanol–water partition coefficient (Wildman–Crippen LogP) is 4.14. The molecule has 0 radical (unpaired) electrons. The number of phosphoric acid groups is 1. The number of rotatable bonds is 11. The van der Waals surface area contributed by atoms with Crippen LogP contribution < -0.4 is 9.83 Å². The molecular formula is C14H24O7P2. The Kier molecular flexibility index (Phi) is 8.48. The Labute approximate surface area is 137 Å². The Morgan fingerprint density at radius 3 is 1.74 bits per heavy atom. The molecule has 0 N–H and O–H groups in total. The van der Waals surface area contributed by atoms with Crippen molar-refractivity contribution in [3.63, 3.8) is 0 Å². The van der Waals surface area contributed by atoms with Crippen LogP contribution in [0.1, 0.15) is 27.7 Å². The van der Waals surface area contributed by atoms with Gasteiger partial charge in [-0.2, -0.15) is 0 Å². The molecule has 0 bridgehead atoms. The standard InChI is InChI=1S/C14H24O7P2/c1-5-17-22(15,18-6-2)14-12-10-9-11-13(14)21-23(16,19-7-3)20-8-4/h9-12H,5-8H2,1-4H3. The van der Waals surface area contributed by atoms with Crippen LogP contribution in [-0.2, 0) is 27.2 Å². The Morgan fingerprint density at radius 1 is 0.783 bits per heavy atom. The van der Waals surface area contributed by atoms with Crippen LogP contribution in [0.15, 0.2) is 24.3 Å². The Balaban J connectivity index is 3.23. The molecule has 7 nitrogen and oxygen atoms in total. The van der Waals surface area contributed by atoms with Crippen LogP contribution in [0.4, 0.5) is 0 Å². The molecule has 0 aliphatic heterocycles. The zero-order valence-electron chi connectivity index (χ0n) is 13.9. The van der Waals surface area contributed by atoms with Gasteiger partial charge in [-0.25, -0.2) is 4.57 Å². The van der Waals surface area contributed by atoms with Gasteiger partial charge in [0.15, 0.2) is 0 Å². The molecule has 9 heteroatoms. The van der Waals surface area contributed by atoms with Crippen LogP contribution in [0, 0.1) is 0 Å². The van der Waals surface area contributed by atoms with Crippen molar-refractivity contribution in [2.45, 2.75) is 27.7 Å². The molecule has 23 heavy (non-hydrogen) atoms. The van der Waals surface area contributed by atoms with Gasteiger partial charge in [-0.05, 0) is 39.8 Å². The fraction of sp³-hybridized carbons (Fsp3) is 0.571. The smallest absolute Gasteiger partial charge is 0.403 e. The van der Waals surface area contributed by atoms with E-state index in [1.54, 1.807) is 45.9 Å². The lowest BCUT2D eigenvalue weighted by molar-refractivity contribution is 0.167. The second-order valence-corrected chi connectivity index (χ2v) is 7.76. The first-order valence-corrected chi connectivity index (χ1v) is 10.5. The average molecular weight is 366 g/mol. The van der Waals surface area contributed by atoms with Crippen molar-refractivity contribution < 1.29 is 31.7 Å². The molecule has 0 spiro atoms. The normalized spacial score (nSPS) is 12.3. The van der Waals surface area contributed by atoms with Gasteiger partial charge < -0.3 is 13.6 Å². The first-order chi connectivity index (χ1) is 10.9. The van der Waals surface area contributed by atoms with Gasteiger partial charge in [0.1, 0.15) is 11.1 Å². The van der Waals surface area contributed by atoms with Crippen LogP contribution in [0.5, 0.6) is 5.75 Å². The van der Waals surface area contributed by atoms with Crippen molar-refractivity contribution in [1.29, 1.82) is 0 Å². The summed E-state index contributed by atoms with van der Waals surface area (Å²) in [5.74, 6) is 0.0861. The molecular weight excluding hydrogens is 342 g/mol. The molecule has 0 heterocycles. The highest BCUT2D eigenvalue weighted by Gasteiger charge is 2.35. The number of benzene rings is 1. The molecule has 0 amide bonds. The van der Waals surface area contributed by atoms with Crippen LogP contribution in [0.3, 0.4) is 0 Å². The monoisotopic (exact) mass is 366 g/mol. The molecule has 0 aromatic heterocycles. The first-order valence-electron chi connectivity index (χ1n) is 7.52. The van der Waals surface area contributed by atoms with E-state index < -0.39 is 15.4 Å². The van der Waals surface area contributed by atoms with E-state index >= 15 is 0 Å². The summed E-state index contributed by atoms with van der Waals surface area (Å²) in [6, 6.07) is 6.39. The summed E-state index contributed by atoms with van der Waals surface area (Å²) in [7, 11) is -7.40. The van der Waals surface area contributed by atoms with E-state index in [0.29, 0.717) is 0 Å². The number of phosphoric ester groups is 1. The Morgan fingerprint density at radius 2 is 1.26 bits per heavy atom. The molecule has 0 unspecified atom stereocenters. The molecule has 0 aliphatic carbocycles. The molecule has 1 rings (SSSR count). The summed E-state index contributed by atoms with van der Waals surface area (Å²) in [6.07, 6.45) is 0. The van der Waals surface area contributed by atoms with E-state index in [0.717, 1.165) is 0 Å². The number of hydrogen-bond acceptors (Lipinski definition) is 7. The van der Waals surface area contributed by atoms with Crippen molar-refractivity contribution in [2.24, 2.45) is 0 Å². The average Bonchev–Trinajstić information content (AvgIpc) is 2.48. The quantitative estimate of drug-likeness (QED) is 0.545. The second kappa shape index (κ2) is 9.58. The van der Waals surface area contributed by atoms with E-state index in [-0.39, 0.29) is 37.5 Å². The van der Waals surface area contributed by atoms with Gasteiger partial charge >= 0.3 is 15.4 Å².